The van der Waals surface area contributed by atoms with E-state index in [0.717, 1.165) is 12.5 Å². The van der Waals surface area contributed by atoms with E-state index in [9.17, 15) is 18.0 Å². The molecule has 0 atom stereocenters. The quantitative estimate of drug-likeness (QED) is 0.571. The number of nitrogens with zero attached hydrogens (tertiary/aromatic N) is 1. The van der Waals surface area contributed by atoms with Crippen molar-refractivity contribution in [3.05, 3.63) is 40.6 Å². The molecule has 0 unspecified atom stereocenters. The molecule has 0 radical (unpaired) electrons. The molecule has 0 saturated heterocycles. The second-order valence-electron chi connectivity index (χ2n) is 3.74. The molecule has 0 aliphatic carbocycles. The van der Waals surface area contributed by atoms with Gasteiger partial charge in [0.25, 0.3) is 0 Å². The van der Waals surface area contributed by atoms with Crippen molar-refractivity contribution < 1.29 is 22.7 Å². The van der Waals surface area contributed by atoms with Crippen molar-refractivity contribution in [1.82, 2.24) is 0 Å². The molecule has 0 aromatic heterocycles. The maximum absolute atomic E-state index is 12.5. The van der Waals surface area contributed by atoms with E-state index in [1.165, 1.54) is 25.1 Å². The number of halogens is 3. The number of alkyl halides is 3. The molecule has 0 bridgehead atoms. The number of hydrogen-bond acceptors (Lipinski definition) is 3. The van der Waals surface area contributed by atoms with Crippen LogP contribution in [-0.4, -0.2) is 12.4 Å². The van der Waals surface area contributed by atoms with Crippen LogP contribution in [0.5, 0.6) is 0 Å². The molecule has 1 aliphatic heterocycles. The Morgan fingerprint density at radius 2 is 2.06 bits per heavy atom. The molecule has 1 aromatic rings. The molecule has 1 heterocycles. The third kappa shape index (κ3) is 2.42. The summed E-state index contributed by atoms with van der Waals surface area (Å²) in [4.78, 5) is 14.7. The Morgan fingerprint density at radius 3 is 2.56 bits per heavy atom. The van der Waals surface area contributed by atoms with E-state index in [1.54, 1.807) is 0 Å². The third-order valence-corrected chi connectivity index (χ3v) is 2.42. The SMILES string of the molecule is Cc1cc(C=C2N=COC2=O)ccc1C(F)(F)F. The van der Waals surface area contributed by atoms with Crippen LogP contribution in [0.15, 0.2) is 28.9 Å². The van der Waals surface area contributed by atoms with Crippen molar-refractivity contribution in [3.63, 3.8) is 0 Å². The van der Waals surface area contributed by atoms with Crippen molar-refractivity contribution in [1.29, 1.82) is 0 Å². The van der Waals surface area contributed by atoms with Gasteiger partial charge in [-0.15, -0.1) is 0 Å². The molecule has 0 N–H and O–H groups in total. The van der Waals surface area contributed by atoms with Crippen molar-refractivity contribution in [2.45, 2.75) is 13.1 Å². The fourth-order valence-corrected chi connectivity index (χ4v) is 1.59. The van der Waals surface area contributed by atoms with Gasteiger partial charge in [0.2, 0.25) is 0 Å². The van der Waals surface area contributed by atoms with E-state index in [4.69, 9.17) is 0 Å². The number of aryl methyl sites for hydroxylation is 1. The molecule has 18 heavy (non-hydrogen) atoms. The lowest BCUT2D eigenvalue weighted by molar-refractivity contribution is -0.138. The zero-order chi connectivity index (χ0) is 13.3. The predicted octanol–water partition coefficient (Wildman–Crippen LogP) is 2.94. The first-order valence-electron chi connectivity index (χ1n) is 5.01. The Bertz CT molecular complexity index is 559. The van der Waals surface area contributed by atoms with Gasteiger partial charge in [-0.2, -0.15) is 13.2 Å². The van der Waals surface area contributed by atoms with Crippen molar-refractivity contribution in [3.8, 4) is 0 Å². The number of cyclic esters (lactones) is 1. The molecule has 0 fully saturated rings. The standard InChI is InChI=1S/C12H8F3NO2/c1-7-4-8(2-3-9(7)12(13,14)15)5-10-11(17)18-6-16-10/h2-6H,1H3. The van der Waals surface area contributed by atoms with Gasteiger partial charge in [0.15, 0.2) is 12.1 Å². The van der Waals surface area contributed by atoms with Gasteiger partial charge >= 0.3 is 12.1 Å². The highest BCUT2D eigenvalue weighted by atomic mass is 19.4. The number of benzene rings is 1. The average molecular weight is 255 g/mol. The largest absolute Gasteiger partial charge is 0.416 e. The number of rotatable bonds is 1. The second-order valence-corrected chi connectivity index (χ2v) is 3.74. The summed E-state index contributed by atoms with van der Waals surface area (Å²) in [5.74, 6) is -0.618. The van der Waals surface area contributed by atoms with E-state index in [2.05, 4.69) is 9.73 Å². The lowest BCUT2D eigenvalue weighted by Crippen LogP contribution is -2.07. The van der Waals surface area contributed by atoms with Crippen LogP contribution in [-0.2, 0) is 15.7 Å². The van der Waals surface area contributed by atoms with Crippen LogP contribution < -0.4 is 0 Å². The second kappa shape index (κ2) is 4.29. The highest BCUT2D eigenvalue weighted by molar-refractivity contribution is 6.01. The number of carbonyl (C=O) groups excluding carboxylic acids is 1. The summed E-state index contributed by atoms with van der Waals surface area (Å²) in [6, 6.07) is 3.60. The van der Waals surface area contributed by atoms with Gasteiger partial charge in [0, 0.05) is 0 Å². The summed E-state index contributed by atoms with van der Waals surface area (Å²) in [5.41, 5.74) is -0.0741. The topological polar surface area (TPSA) is 38.7 Å². The summed E-state index contributed by atoms with van der Waals surface area (Å²) >= 11 is 0. The summed E-state index contributed by atoms with van der Waals surface area (Å²) in [6.07, 6.45) is -2.01. The number of aliphatic imine (C=N–C) groups is 1. The van der Waals surface area contributed by atoms with E-state index < -0.39 is 17.7 Å². The van der Waals surface area contributed by atoms with E-state index >= 15 is 0 Å². The summed E-state index contributed by atoms with van der Waals surface area (Å²) in [6.45, 7) is 1.36. The normalized spacial score (nSPS) is 17.3. The lowest BCUT2D eigenvalue weighted by atomic mass is 10.0. The maximum Gasteiger partial charge on any atom is 0.416 e. The summed E-state index contributed by atoms with van der Waals surface area (Å²) < 4.78 is 42.1. The van der Waals surface area contributed by atoms with Gasteiger partial charge in [0.05, 0.1) is 5.56 Å². The molecule has 0 saturated carbocycles. The first-order valence-corrected chi connectivity index (χ1v) is 5.01. The minimum absolute atomic E-state index is 0.0640. The lowest BCUT2D eigenvalue weighted by Gasteiger charge is -2.10. The summed E-state index contributed by atoms with van der Waals surface area (Å²) in [5, 5.41) is 0. The Balaban J connectivity index is 2.36. The van der Waals surface area contributed by atoms with Crippen LogP contribution >= 0.6 is 0 Å². The predicted molar refractivity (Wildman–Crippen MR) is 58.7 cm³/mol. The van der Waals surface area contributed by atoms with E-state index in [0.29, 0.717) is 5.56 Å². The van der Waals surface area contributed by atoms with Gasteiger partial charge in [-0.05, 0) is 30.2 Å². The Kier molecular flexibility index (Phi) is 2.94. The fraction of sp³-hybridized carbons (Fsp3) is 0.167. The first-order chi connectivity index (χ1) is 8.38. The smallest absolute Gasteiger partial charge is 0.410 e. The number of hydrogen-bond donors (Lipinski definition) is 0. The Labute approximate surface area is 101 Å². The fourth-order valence-electron chi connectivity index (χ4n) is 1.59. The van der Waals surface area contributed by atoms with Gasteiger partial charge in [-0.3, -0.25) is 0 Å². The van der Waals surface area contributed by atoms with Crippen molar-refractivity contribution in [2.75, 3.05) is 0 Å². The molecular weight excluding hydrogens is 247 g/mol. The molecule has 1 aromatic carbocycles. The van der Waals surface area contributed by atoms with Crippen LogP contribution in [0.3, 0.4) is 0 Å². The Hall–Kier alpha value is -2.11. The monoisotopic (exact) mass is 255 g/mol. The highest BCUT2D eigenvalue weighted by Gasteiger charge is 2.32. The van der Waals surface area contributed by atoms with E-state index in [-0.39, 0.29) is 11.3 Å². The zero-order valence-electron chi connectivity index (χ0n) is 9.28. The minimum Gasteiger partial charge on any atom is -0.410 e. The molecule has 0 spiro atoms. The maximum atomic E-state index is 12.5. The molecular formula is C12H8F3NO2. The van der Waals surface area contributed by atoms with Crippen LogP contribution in [0.2, 0.25) is 0 Å². The average Bonchev–Trinajstić information content (AvgIpc) is 2.62. The van der Waals surface area contributed by atoms with Crippen LogP contribution in [0.4, 0.5) is 13.2 Å². The van der Waals surface area contributed by atoms with Crippen LogP contribution in [0.25, 0.3) is 6.08 Å². The molecule has 1 aliphatic rings. The Morgan fingerprint density at radius 1 is 1.33 bits per heavy atom. The minimum atomic E-state index is -4.37. The van der Waals surface area contributed by atoms with Crippen LogP contribution in [0.1, 0.15) is 16.7 Å². The van der Waals surface area contributed by atoms with Crippen LogP contribution in [0, 0.1) is 6.92 Å². The number of ether oxygens (including phenoxy) is 1. The van der Waals surface area contributed by atoms with E-state index in [1.807, 2.05) is 0 Å². The van der Waals surface area contributed by atoms with Gasteiger partial charge < -0.3 is 4.74 Å². The number of esters is 1. The molecule has 0 amide bonds. The van der Waals surface area contributed by atoms with Crippen molar-refractivity contribution >= 4 is 18.4 Å². The molecule has 94 valence electrons. The molecule has 2 rings (SSSR count). The molecule has 3 nitrogen and oxygen atoms in total. The first kappa shape index (κ1) is 12.3. The third-order valence-electron chi connectivity index (χ3n) is 2.42. The highest BCUT2D eigenvalue weighted by Crippen LogP contribution is 2.32. The van der Waals surface area contributed by atoms with Gasteiger partial charge in [-0.25, -0.2) is 9.79 Å². The van der Waals surface area contributed by atoms with Gasteiger partial charge in [-0.1, -0.05) is 12.1 Å². The van der Waals surface area contributed by atoms with Crippen molar-refractivity contribution in [2.24, 2.45) is 4.99 Å². The zero-order valence-corrected chi connectivity index (χ0v) is 9.28. The number of carbonyl (C=O) groups is 1. The summed E-state index contributed by atoms with van der Waals surface area (Å²) in [7, 11) is 0. The van der Waals surface area contributed by atoms with Gasteiger partial charge in [0.1, 0.15) is 0 Å². The molecule has 6 heteroatoms.